The molecule has 4 nitrogen and oxygen atoms in total. The molecule has 0 radical (unpaired) electrons. The van der Waals surface area contributed by atoms with Crippen molar-refractivity contribution in [2.24, 2.45) is 0 Å². The Balaban J connectivity index is 2.87. The number of methoxy groups -OCH3 is 1. The number of ether oxygens (including phenoxy) is 1. The lowest BCUT2D eigenvalue weighted by atomic mass is 10.3. The highest BCUT2D eigenvalue weighted by molar-refractivity contribution is 7.86. The van der Waals surface area contributed by atoms with Gasteiger partial charge in [-0.15, -0.1) is 0 Å². The molecule has 0 heterocycles. The number of hydrogen-bond acceptors (Lipinski definition) is 3. The SMILES string of the molecule is COc1ccc(S(=O)C(C)C(=O)O)cc1. The van der Waals surface area contributed by atoms with Crippen molar-refractivity contribution in [3.63, 3.8) is 0 Å². The average Bonchev–Trinajstić information content (AvgIpc) is 2.27. The molecule has 0 spiro atoms. The summed E-state index contributed by atoms with van der Waals surface area (Å²) in [5, 5.41) is 7.79. The van der Waals surface area contributed by atoms with Gasteiger partial charge in [0.2, 0.25) is 0 Å². The Morgan fingerprint density at radius 1 is 1.40 bits per heavy atom. The maximum Gasteiger partial charge on any atom is 0.319 e. The maximum atomic E-state index is 11.7. The quantitative estimate of drug-likeness (QED) is 0.843. The van der Waals surface area contributed by atoms with Gasteiger partial charge in [-0.25, -0.2) is 0 Å². The Labute approximate surface area is 90.3 Å². The molecule has 15 heavy (non-hydrogen) atoms. The minimum absolute atomic E-state index is 0.491. The van der Waals surface area contributed by atoms with Crippen molar-refractivity contribution in [3.05, 3.63) is 24.3 Å². The van der Waals surface area contributed by atoms with Crippen molar-refractivity contribution >= 4 is 16.8 Å². The first-order valence-corrected chi connectivity index (χ1v) is 5.55. The Morgan fingerprint density at radius 3 is 2.33 bits per heavy atom. The van der Waals surface area contributed by atoms with Crippen molar-refractivity contribution in [1.82, 2.24) is 0 Å². The molecule has 1 aromatic carbocycles. The molecule has 0 aliphatic heterocycles. The molecule has 0 aromatic heterocycles. The van der Waals surface area contributed by atoms with Gasteiger partial charge < -0.3 is 9.84 Å². The maximum absolute atomic E-state index is 11.7. The molecule has 0 aliphatic rings. The Morgan fingerprint density at radius 2 is 1.93 bits per heavy atom. The van der Waals surface area contributed by atoms with E-state index in [1.807, 2.05) is 0 Å². The Kier molecular flexibility index (Phi) is 3.85. The topological polar surface area (TPSA) is 63.6 Å². The first-order chi connectivity index (χ1) is 7.06. The summed E-state index contributed by atoms with van der Waals surface area (Å²) in [5.74, 6) is -0.414. The van der Waals surface area contributed by atoms with Crippen LogP contribution >= 0.6 is 0 Å². The van der Waals surface area contributed by atoms with Crippen LogP contribution in [0.4, 0.5) is 0 Å². The van der Waals surface area contributed by atoms with Crippen LogP contribution in [0.15, 0.2) is 29.2 Å². The zero-order valence-electron chi connectivity index (χ0n) is 8.47. The van der Waals surface area contributed by atoms with Gasteiger partial charge in [0.1, 0.15) is 11.0 Å². The van der Waals surface area contributed by atoms with Gasteiger partial charge in [-0.3, -0.25) is 9.00 Å². The molecule has 5 heteroatoms. The van der Waals surface area contributed by atoms with E-state index in [1.54, 1.807) is 24.3 Å². The molecule has 0 saturated carbocycles. The largest absolute Gasteiger partial charge is 0.497 e. The lowest BCUT2D eigenvalue weighted by Crippen LogP contribution is -2.21. The van der Waals surface area contributed by atoms with Gasteiger partial charge in [0, 0.05) is 4.90 Å². The lowest BCUT2D eigenvalue weighted by Gasteiger charge is -2.07. The third-order valence-electron chi connectivity index (χ3n) is 1.96. The predicted molar refractivity (Wildman–Crippen MR) is 56.5 cm³/mol. The summed E-state index contributed by atoms with van der Waals surface area (Å²) in [6.07, 6.45) is 0. The number of benzene rings is 1. The Bertz CT molecular complexity index is 372. The fraction of sp³-hybridized carbons (Fsp3) is 0.300. The van der Waals surface area contributed by atoms with Crippen LogP contribution in [0.25, 0.3) is 0 Å². The molecule has 1 N–H and O–H groups in total. The second-order valence-electron chi connectivity index (χ2n) is 2.95. The van der Waals surface area contributed by atoms with E-state index in [4.69, 9.17) is 9.84 Å². The van der Waals surface area contributed by atoms with Crippen molar-refractivity contribution in [2.45, 2.75) is 17.1 Å². The Hall–Kier alpha value is -1.36. The third-order valence-corrected chi connectivity index (χ3v) is 3.54. The molecule has 0 aliphatic carbocycles. The van der Waals surface area contributed by atoms with Gasteiger partial charge in [0.15, 0.2) is 0 Å². The first kappa shape index (κ1) is 11.7. The summed E-state index contributed by atoms with van der Waals surface area (Å²) in [4.78, 5) is 11.1. The molecular weight excluding hydrogens is 216 g/mol. The number of rotatable bonds is 4. The van der Waals surface area contributed by atoms with E-state index in [1.165, 1.54) is 14.0 Å². The van der Waals surface area contributed by atoms with E-state index in [2.05, 4.69) is 0 Å². The van der Waals surface area contributed by atoms with Gasteiger partial charge in [0.25, 0.3) is 0 Å². The van der Waals surface area contributed by atoms with Crippen LogP contribution in [-0.4, -0.2) is 27.6 Å². The summed E-state index contributed by atoms with van der Waals surface area (Å²) < 4.78 is 16.6. The third kappa shape index (κ3) is 2.79. The van der Waals surface area contributed by atoms with Crippen LogP contribution < -0.4 is 4.74 Å². The fourth-order valence-corrected chi connectivity index (χ4v) is 2.00. The molecule has 0 bridgehead atoms. The zero-order chi connectivity index (χ0) is 11.4. The van der Waals surface area contributed by atoms with Crippen LogP contribution in [0.3, 0.4) is 0 Å². The molecule has 1 rings (SSSR count). The van der Waals surface area contributed by atoms with E-state index in [9.17, 15) is 9.00 Å². The van der Waals surface area contributed by atoms with Crippen LogP contribution in [0.5, 0.6) is 5.75 Å². The zero-order valence-corrected chi connectivity index (χ0v) is 9.28. The van der Waals surface area contributed by atoms with E-state index in [-0.39, 0.29) is 0 Å². The average molecular weight is 228 g/mol. The summed E-state index contributed by atoms with van der Waals surface area (Å²) >= 11 is 0. The first-order valence-electron chi connectivity index (χ1n) is 4.33. The van der Waals surface area contributed by atoms with Crippen molar-refractivity contribution in [2.75, 3.05) is 7.11 Å². The summed E-state index contributed by atoms with van der Waals surface area (Å²) in [6, 6.07) is 6.52. The minimum atomic E-state index is -1.52. The standard InChI is InChI=1S/C10H12O4S/c1-7(10(11)12)15(13)9-5-3-8(14-2)4-6-9/h3-7H,1-2H3,(H,11,12). The second kappa shape index (κ2) is 4.93. The molecule has 2 atom stereocenters. The van der Waals surface area contributed by atoms with Crippen LogP contribution in [0, 0.1) is 0 Å². The van der Waals surface area contributed by atoms with Gasteiger partial charge >= 0.3 is 5.97 Å². The number of hydrogen-bond donors (Lipinski definition) is 1. The smallest absolute Gasteiger partial charge is 0.319 e. The normalized spacial score (nSPS) is 14.3. The second-order valence-corrected chi connectivity index (χ2v) is 4.73. The number of carboxylic acid groups (broad SMARTS) is 1. The van der Waals surface area contributed by atoms with Gasteiger partial charge in [-0.05, 0) is 31.2 Å². The van der Waals surface area contributed by atoms with Crippen molar-refractivity contribution in [3.8, 4) is 5.75 Å². The molecular formula is C10H12O4S. The summed E-state index contributed by atoms with van der Waals surface area (Å²) in [5.41, 5.74) is 0. The highest BCUT2D eigenvalue weighted by Gasteiger charge is 2.20. The molecule has 2 unspecified atom stereocenters. The van der Waals surface area contributed by atoms with Crippen molar-refractivity contribution < 1.29 is 18.8 Å². The number of carboxylic acids is 1. The van der Waals surface area contributed by atoms with E-state index in [0.29, 0.717) is 10.6 Å². The highest BCUT2D eigenvalue weighted by atomic mass is 32.2. The summed E-state index contributed by atoms with van der Waals surface area (Å²) in [7, 11) is 0.00996. The van der Waals surface area contributed by atoms with Gasteiger partial charge in [-0.2, -0.15) is 0 Å². The molecule has 0 fully saturated rings. The van der Waals surface area contributed by atoms with E-state index in [0.717, 1.165) is 0 Å². The van der Waals surface area contributed by atoms with E-state index >= 15 is 0 Å². The fourth-order valence-electron chi connectivity index (χ4n) is 1.01. The minimum Gasteiger partial charge on any atom is -0.497 e. The summed E-state index contributed by atoms with van der Waals surface area (Å²) in [6.45, 7) is 1.42. The van der Waals surface area contributed by atoms with Crippen LogP contribution in [0.1, 0.15) is 6.92 Å². The highest BCUT2D eigenvalue weighted by Crippen LogP contribution is 2.16. The predicted octanol–water partition coefficient (Wildman–Crippen LogP) is 1.28. The monoisotopic (exact) mass is 228 g/mol. The number of aliphatic carboxylic acids is 1. The van der Waals surface area contributed by atoms with Crippen LogP contribution in [-0.2, 0) is 15.6 Å². The molecule has 1 aromatic rings. The van der Waals surface area contributed by atoms with Crippen LogP contribution in [0.2, 0.25) is 0 Å². The molecule has 82 valence electrons. The number of carbonyl (C=O) groups is 1. The molecule has 0 saturated heterocycles. The molecule has 0 amide bonds. The van der Waals surface area contributed by atoms with Gasteiger partial charge in [-0.1, -0.05) is 0 Å². The van der Waals surface area contributed by atoms with E-state index < -0.39 is 22.0 Å². The van der Waals surface area contributed by atoms with Gasteiger partial charge in [0.05, 0.1) is 17.9 Å². The lowest BCUT2D eigenvalue weighted by molar-refractivity contribution is -0.136. The van der Waals surface area contributed by atoms with Crippen molar-refractivity contribution in [1.29, 1.82) is 0 Å².